The normalized spacial score (nSPS) is 10.4. The van der Waals surface area contributed by atoms with Crippen molar-refractivity contribution < 1.29 is 4.39 Å². The molecule has 0 aliphatic rings. The van der Waals surface area contributed by atoms with Crippen LogP contribution in [0, 0.1) is 12.7 Å². The topological polar surface area (TPSA) is 56.7 Å². The van der Waals surface area contributed by atoms with Crippen LogP contribution in [0.5, 0.6) is 0 Å². The van der Waals surface area contributed by atoms with Crippen molar-refractivity contribution in [2.75, 3.05) is 5.73 Å². The van der Waals surface area contributed by atoms with E-state index in [1.54, 1.807) is 25.3 Å². The first kappa shape index (κ1) is 8.68. The quantitative estimate of drug-likeness (QED) is 0.693. The van der Waals surface area contributed by atoms with Crippen LogP contribution < -0.4 is 5.73 Å². The smallest absolute Gasteiger partial charge is 0.150 e. The van der Waals surface area contributed by atoms with Crippen LogP contribution >= 0.6 is 0 Å². The molecule has 0 spiro atoms. The van der Waals surface area contributed by atoms with Crippen LogP contribution in [0.4, 0.5) is 10.1 Å². The van der Waals surface area contributed by atoms with E-state index < -0.39 is 5.82 Å². The molecular weight excluding hydrogens is 183 g/mol. The zero-order chi connectivity index (χ0) is 10.1. The lowest BCUT2D eigenvalue weighted by atomic mass is 10.3. The lowest BCUT2D eigenvalue weighted by Crippen LogP contribution is -1.99. The SMILES string of the molecule is Cc1cn(-c2ccc(N)cc2F)nn1. The van der Waals surface area contributed by atoms with Gasteiger partial charge in [0.1, 0.15) is 5.69 Å². The lowest BCUT2D eigenvalue weighted by molar-refractivity contribution is 0.608. The van der Waals surface area contributed by atoms with E-state index in [-0.39, 0.29) is 0 Å². The molecule has 5 heteroatoms. The molecule has 72 valence electrons. The Labute approximate surface area is 80.2 Å². The van der Waals surface area contributed by atoms with Crippen LogP contribution in [-0.2, 0) is 0 Å². The number of aromatic nitrogens is 3. The average molecular weight is 192 g/mol. The monoisotopic (exact) mass is 192 g/mol. The summed E-state index contributed by atoms with van der Waals surface area (Å²) in [7, 11) is 0. The summed E-state index contributed by atoms with van der Waals surface area (Å²) in [5, 5.41) is 7.53. The lowest BCUT2D eigenvalue weighted by Gasteiger charge is -2.02. The van der Waals surface area contributed by atoms with E-state index in [1.807, 2.05) is 0 Å². The van der Waals surface area contributed by atoms with Gasteiger partial charge in [-0.1, -0.05) is 5.21 Å². The number of aryl methyl sites for hydroxylation is 1. The third kappa shape index (κ3) is 1.44. The molecule has 0 saturated carbocycles. The fourth-order valence-corrected chi connectivity index (χ4v) is 1.17. The fourth-order valence-electron chi connectivity index (χ4n) is 1.17. The second kappa shape index (κ2) is 3.10. The number of halogens is 1. The van der Waals surface area contributed by atoms with Gasteiger partial charge in [-0.05, 0) is 25.1 Å². The maximum atomic E-state index is 13.4. The zero-order valence-electron chi connectivity index (χ0n) is 7.61. The van der Waals surface area contributed by atoms with Crippen molar-refractivity contribution in [2.45, 2.75) is 6.92 Å². The molecule has 1 aromatic carbocycles. The highest BCUT2D eigenvalue weighted by molar-refractivity contribution is 5.45. The van der Waals surface area contributed by atoms with Crippen LogP contribution in [-0.4, -0.2) is 15.0 Å². The van der Waals surface area contributed by atoms with Crippen molar-refractivity contribution in [1.29, 1.82) is 0 Å². The maximum absolute atomic E-state index is 13.4. The van der Waals surface area contributed by atoms with Gasteiger partial charge in [0, 0.05) is 5.69 Å². The van der Waals surface area contributed by atoms with E-state index >= 15 is 0 Å². The van der Waals surface area contributed by atoms with Crippen molar-refractivity contribution in [1.82, 2.24) is 15.0 Å². The summed E-state index contributed by atoms with van der Waals surface area (Å²) in [5.74, 6) is -0.408. The molecule has 0 unspecified atom stereocenters. The minimum Gasteiger partial charge on any atom is -0.399 e. The number of hydrogen-bond donors (Lipinski definition) is 1. The second-order valence-corrected chi connectivity index (χ2v) is 3.02. The van der Waals surface area contributed by atoms with Gasteiger partial charge in [-0.3, -0.25) is 0 Å². The summed E-state index contributed by atoms with van der Waals surface area (Å²) in [4.78, 5) is 0. The molecule has 1 aromatic heterocycles. The number of nitrogens with zero attached hydrogens (tertiary/aromatic N) is 3. The Hall–Kier alpha value is -1.91. The number of anilines is 1. The van der Waals surface area contributed by atoms with Gasteiger partial charge in [-0.2, -0.15) is 0 Å². The molecule has 4 nitrogen and oxygen atoms in total. The maximum Gasteiger partial charge on any atom is 0.150 e. The zero-order valence-corrected chi connectivity index (χ0v) is 7.61. The molecule has 0 fully saturated rings. The Morgan fingerprint density at radius 1 is 1.43 bits per heavy atom. The van der Waals surface area contributed by atoms with Gasteiger partial charge in [0.2, 0.25) is 0 Å². The molecule has 0 atom stereocenters. The average Bonchev–Trinajstić information content (AvgIpc) is 2.51. The molecular formula is C9H9FN4. The molecule has 1 heterocycles. The first-order valence-electron chi connectivity index (χ1n) is 4.11. The van der Waals surface area contributed by atoms with Crippen LogP contribution in [0.25, 0.3) is 5.69 Å². The number of rotatable bonds is 1. The Balaban J connectivity index is 2.52. The first-order valence-corrected chi connectivity index (χ1v) is 4.11. The summed E-state index contributed by atoms with van der Waals surface area (Å²) in [5.41, 5.74) is 6.90. The Morgan fingerprint density at radius 2 is 2.21 bits per heavy atom. The molecule has 2 N–H and O–H groups in total. The van der Waals surface area contributed by atoms with Crippen LogP contribution in [0.3, 0.4) is 0 Å². The highest BCUT2D eigenvalue weighted by Gasteiger charge is 2.05. The van der Waals surface area contributed by atoms with Gasteiger partial charge in [0.15, 0.2) is 5.82 Å². The van der Waals surface area contributed by atoms with Crippen molar-refractivity contribution in [3.05, 3.63) is 35.9 Å². The van der Waals surface area contributed by atoms with E-state index in [0.29, 0.717) is 11.4 Å². The predicted octanol–water partition coefficient (Wildman–Crippen LogP) is 1.30. The van der Waals surface area contributed by atoms with Crippen molar-refractivity contribution in [3.63, 3.8) is 0 Å². The van der Waals surface area contributed by atoms with Crippen LogP contribution in [0.1, 0.15) is 5.69 Å². The van der Waals surface area contributed by atoms with E-state index in [0.717, 1.165) is 5.69 Å². The summed E-state index contributed by atoms with van der Waals surface area (Å²) in [6.07, 6.45) is 1.65. The highest BCUT2D eigenvalue weighted by atomic mass is 19.1. The third-order valence-corrected chi connectivity index (χ3v) is 1.83. The van der Waals surface area contributed by atoms with Crippen LogP contribution in [0.15, 0.2) is 24.4 Å². The standard InChI is InChI=1S/C9H9FN4/c1-6-5-14(13-12-6)9-3-2-7(11)4-8(9)10/h2-5H,11H2,1H3. The van der Waals surface area contributed by atoms with Crippen molar-refractivity contribution in [3.8, 4) is 5.69 Å². The second-order valence-electron chi connectivity index (χ2n) is 3.02. The number of nitrogen functional groups attached to an aromatic ring is 1. The molecule has 2 aromatic rings. The van der Waals surface area contributed by atoms with Gasteiger partial charge >= 0.3 is 0 Å². The van der Waals surface area contributed by atoms with E-state index in [1.165, 1.54) is 10.7 Å². The number of benzene rings is 1. The first-order chi connectivity index (χ1) is 6.66. The minimum atomic E-state index is -0.408. The molecule has 2 rings (SSSR count). The number of hydrogen-bond acceptors (Lipinski definition) is 3. The van der Waals surface area contributed by atoms with E-state index in [9.17, 15) is 4.39 Å². The fraction of sp³-hybridized carbons (Fsp3) is 0.111. The predicted molar refractivity (Wildman–Crippen MR) is 50.5 cm³/mol. The summed E-state index contributed by atoms with van der Waals surface area (Å²) in [6.45, 7) is 1.79. The molecule has 0 amide bonds. The van der Waals surface area contributed by atoms with Gasteiger partial charge in [0.05, 0.1) is 11.9 Å². The highest BCUT2D eigenvalue weighted by Crippen LogP contribution is 2.15. The molecule has 0 aliphatic heterocycles. The van der Waals surface area contributed by atoms with E-state index in [2.05, 4.69) is 10.3 Å². The van der Waals surface area contributed by atoms with Gasteiger partial charge in [-0.15, -0.1) is 5.10 Å². The summed E-state index contributed by atoms with van der Waals surface area (Å²) >= 11 is 0. The van der Waals surface area contributed by atoms with E-state index in [4.69, 9.17) is 5.73 Å². The minimum absolute atomic E-state index is 0.347. The summed E-state index contributed by atoms with van der Waals surface area (Å²) < 4.78 is 14.8. The largest absolute Gasteiger partial charge is 0.399 e. The molecule has 0 bridgehead atoms. The van der Waals surface area contributed by atoms with Crippen LogP contribution in [0.2, 0.25) is 0 Å². The molecule has 0 aliphatic carbocycles. The van der Waals surface area contributed by atoms with Crippen molar-refractivity contribution >= 4 is 5.69 Å². The van der Waals surface area contributed by atoms with Crippen molar-refractivity contribution in [2.24, 2.45) is 0 Å². The molecule has 14 heavy (non-hydrogen) atoms. The third-order valence-electron chi connectivity index (χ3n) is 1.83. The molecule has 0 saturated heterocycles. The van der Waals surface area contributed by atoms with Gasteiger partial charge < -0.3 is 5.73 Å². The Morgan fingerprint density at radius 3 is 2.79 bits per heavy atom. The Bertz CT molecular complexity index is 464. The van der Waals surface area contributed by atoms with Gasteiger partial charge in [-0.25, -0.2) is 9.07 Å². The molecule has 0 radical (unpaired) electrons. The van der Waals surface area contributed by atoms with Gasteiger partial charge in [0.25, 0.3) is 0 Å². The number of nitrogens with two attached hydrogens (primary N) is 1. The summed E-state index contributed by atoms with van der Waals surface area (Å²) in [6, 6.07) is 4.44. The Kier molecular flexibility index (Phi) is 1.92.